The predicted octanol–water partition coefficient (Wildman–Crippen LogP) is 3.71. The molecule has 0 aromatic heterocycles. The molecule has 4 heteroatoms. The summed E-state index contributed by atoms with van der Waals surface area (Å²) in [6.07, 6.45) is 5.36. The lowest BCUT2D eigenvalue weighted by Gasteiger charge is -2.27. The van der Waals surface area contributed by atoms with Gasteiger partial charge in [-0.1, -0.05) is 37.5 Å². The number of aryl methyl sites for hydroxylation is 1. The molecule has 1 aromatic rings. The highest BCUT2D eigenvalue weighted by Gasteiger charge is 2.61. The van der Waals surface area contributed by atoms with Crippen LogP contribution in [0.25, 0.3) is 0 Å². The van der Waals surface area contributed by atoms with Crippen LogP contribution in [-0.4, -0.2) is 13.7 Å². The third-order valence-electron chi connectivity index (χ3n) is 5.07. The van der Waals surface area contributed by atoms with Crippen molar-refractivity contribution in [2.24, 2.45) is 11.3 Å². The van der Waals surface area contributed by atoms with E-state index in [0.29, 0.717) is 5.69 Å². The molecular weight excluding hydrogens is 270 g/mol. The number of hydrogen-bond donors (Lipinski definition) is 1. The molecule has 0 heterocycles. The van der Waals surface area contributed by atoms with Gasteiger partial charge in [0.1, 0.15) is 0 Å². The first kappa shape index (κ1) is 13.9. The summed E-state index contributed by atoms with van der Waals surface area (Å²) in [5.41, 5.74) is 1.90. The van der Waals surface area contributed by atoms with Crippen LogP contribution in [0.2, 0.25) is 0 Å². The Morgan fingerprint density at radius 2 is 1.75 bits per heavy atom. The first-order valence-corrected chi connectivity index (χ1v) is 9.04. The minimum Gasteiger partial charge on any atom is -0.283 e. The van der Waals surface area contributed by atoms with Crippen molar-refractivity contribution in [3.05, 3.63) is 29.8 Å². The van der Waals surface area contributed by atoms with Crippen LogP contribution >= 0.6 is 0 Å². The van der Waals surface area contributed by atoms with E-state index in [9.17, 15) is 8.42 Å². The minimum absolute atomic E-state index is 0.0863. The van der Waals surface area contributed by atoms with E-state index in [1.165, 1.54) is 12.8 Å². The van der Waals surface area contributed by atoms with Gasteiger partial charge in [0.15, 0.2) is 0 Å². The fraction of sp³-hybridized carbons (Fsp3) is 0.625. The van der Waals surface area contributed by atoms with E-state index in [-0.39, 0.29) is 10.7 Å². The van der Waals surface area contributed by atoms with Crippen LogP contribution in [0.3, 0.4) is 0 Å². The number of hydrogen-bond acceptors (Lipinski definition) is 2. The van der Waals surface area contributed by atoms with Crippen molar-refractivity contribution < 1.29 is 8.42 Å². The van der Waals surface area contributed by atoms with Gasteiger partial charge in [-0.05, 0) is 49.7 Å². The highest BCUT2D eigenvalue weighted by atomic mass is 32.2. The Kier molecular flexibility index (Phi) is 3.32. The molecule has 1 unspecified atom stereocenters. The Balaban J connectivity index is 1.69. The summed E-state index contributed by atoms with van der Waals surface area (Å²) in [4.78, 5) is 0. The van der Waals surface area contributed by atoms with Crippen LogP contribution in [0.1, 0.15) is 44.6 Å². The maximum absolute atomic E-state index is 12.5. The lowest BCUT2D eigenvalue weighted by molar-refractivity contribution is 0.272. The lowest BCUT2D eigenvalue weighted by Crippen LogP contribution is -2.25. The average molecular weight is 293 g/mol. The van der Waals surface area contributed by atoms with Gasteiger partial charge >= 0.3 is 0 Å². The van der Waals surface area contributed by atoms with Gasteiger partial charge in [-0.15, -0.1) is 0 Å². The van der Waals surface area contributed by atoms with Crippen LogP contribution in [0.4, 0.5) is 5.69 Å². The third-order valence-corrected chi connectivity index (χ3v) is 7.01. The van der Waals surface area contributed by atoms with Gasteiger partial charge in [-0.25, -0.2) is 8.42 Å². The van der Waals surface area contributed by atoms with Crippen molar-refractivity contribution >= 4 is 15.7 Å². The molecular formula is C16H23NO2S. The molecule has 0 aliphatic heterocycles. The highest BCUT2D eigenvalue weighted by Crippen LogP contribution is 2.60. The lowest BCUT2D eigenvalue weighted by atomic mass is 9.81. The summed E-state index contributed by atoms with van der Waals surface area (Å²) in [6.45, 7) is 4.26. The molecule has 110 valence electrons. The second kappa shape index (κ2) is 4.76. The largest absolute Gasteiger partial charge is 0.283 e. The molecule has 0 bridgehead atoms. The second-order valence-electron chi connectivity index (χ2n) is 6.75. The zero-order valence-electron chi connectivity index (χ0n) is 12.2. The zero-order chi connectivity index (χ0) is 14.4. The SMILES string of the molecule is Cc1ccc(NS(=O)(=O)C2CC23CCC(C)CC3)cc1. The van der Waals surface area contributed by atoms with E-state index < -0.39 is 10.0 Å². The molecule has 2 aliphatic rings. The van der Waals surface area contributed by atoms with Crippen molar-refractivity contribution in [1.29, 1.82) is 0 Å². The molecule has 0 radical (unpaired) electrons. The normalized spacial score (nSPS) is 33.1. The Morgan fingerprint density at radius 1 is 1.15 bits per heavy atom. The topological polar surface area (TPSA) is 46.2 Å². The van der Waals surface area contributed by atoms with Crippen molar-refractivity contribution in [1.82, 2.24) is 0 Å². The first-order valence-electron chi connectivity index (χ1n) is 7.50. The second-order valence-corrected chi connectivity index (χ2v) is 8.61. The first-order chi connectivity index (χ1) is 9.41. The van der Waals surface area contributed by atoms with Gasteiger partial charge in [0.2, 0.25) is 10.0 Å². The number of sulfonamides is 1. The van der Waals surface area contributed by atoms with Crippen molar-refractivity contribution in [3.8, 4) is 0 Å². The molecule has 0 amide bonds. The maximum Gasteiger partial charge on any atom is 0.236 e. The monoisotopic (exact) mass is 293 g/mol. The standard InChI is InChI=1S/C16H23NO2S/c1-12-3-5-14(6-4-12)17-20(18,19)15-11-16(15)9-7-13(2)8-10-16/h3-6,13,15,17H,7-11H2,1-2H3. The van der Waals surface area contributed by atoms with Crippen molar-refractivity contribution in [2.75, 3.05) is 4.72 Å². The van der Waals surface area contributed by atoms with Crippen LogP contribution in [0, 0.1) is 18.3 Å². The highest BCUT2D eigenvalue weighted by molar-refractivity contribution is 7.93. The number of anilines is 1. The Bertz CT molecular complexity index is 583. The number of nitrogens with one attached hydrogen (secondary N) is 1. The molecule has 1 N–H and O–H groups in total. The molecule has 0 saturated heterocycles. The van der Waals surface area contributed by atoms with Gasteiger partial charge in [-0.2, -0.15) is 0 Å². The van der Waals surface area contributed by atoms with E-state index in [0.717, 1.165) is 30.7 Å². The van der Waals surface area contributed by atoms with Gasteiger partial charge in [-0.3, -0.25) is 4.72 Å². The fourth-order valence-electron chi connectivity index (χ4n) is 3.47. The van der Waals surface area contributed by atoms with E-state index in [4.69, 9.17) is 0 Å². The molecule has 3 rings (SSSR count). The van der Waals surface area contributed by atoms with E-state index in [1.807, 2.05) is 31.2 Å². The molecule has 2 saturated carbocycles. The average Bonchev–Trinajstić information content (AvgIpc) is 3.12. The summed E-state index contributed by atoms with van der Waals surface area (Å²) in [7, 11) is -3.23. The van der Waals surface area contributed by atoms with Gasteiger partial charge < -0.3 is 0 Å². The molecule has 2 aliphatic carbocycles. The quantitative estimate of drug-likeness (QED) is 0.923. The molecule has 20 heavy (non-hydrogen) atoms. The van der Waals surface area contributed by atoms with Crippen LogP contribution in [-0.2, 0) is 10.0 Å². The van der Waals surface area contributed by atoms with Gasteiger partial charge in [0.25, 0.3) is 0 Å². The summed E-state index contributed by atoms with van der Waals surface area (Å²) < 4.78 is 27.7. The number of benzene rings is 1. The Hall–Kier alpha value is -1.03. The molecule has 1 spiro atoms. The van der Waals surface area contributed by atoms with Crippen LogP contribution in [0.5, 0.6) is 0 Å². The zero-order valence-corrected chi connectivity index (χ0v) is 13.0. The summed E-state index contributed by atoms with van der Waals surface area (Å²) in [6, 6.07) is 7.54. The van der Waals surface area contributed by atoms with Gasteiger partial charge in [0.05, 0.1) is 5.25 Å². The Morgan fingerprint density at radius 3 is 2.35 bits per heavy atom. The predicted molar refractivity (Wildman–Crippen MR) is 82.2 cm³/mol. The van der Waals surface area contributed by atoms with Crippen molar-refractivity contribution in [2.45, 2.75) is 51.2 Å². The molecule has 1 aromatic carbocycles. The van der Waals surface area contributed by atoms with Crippen LogP contribution in [0.15, 0.2) is 24.3 Å². The molecule has 3 nitrogen and oxygen atoms in total. The maximum atomic E-state index is 12.5. The Labute approximate surface area is 121 Å². The summed E-state index contributed by atoms with van der Waals surface area (Å²) in [5, 5.41) is -0.177. The number of rotatable bonds is 3. The fourth-order valence-corrected chi connectivity index (χ4v) is 5.52. The molecule has 2 fully saturated rings. The molecule has 1 atom stereocenters. The smallest absolute Gasteiger partial charge is 0.236 e. The summed E-state index contributed by atoms with van der Waals surface area (Å²) >= 11 is 0. The van der Waals surface area contributed by atoms with E-state index >= 15 is 0 Å². The summed E-state index contributed by atoms with van der Waals surface area (Å²) in [5.74, 6) is 0.759. The van der Waals surface area contributed by atoms with Crippen molar-refractivity contribution in [3.63, 3.8) is 0 Å². The van der Waals surface area contributed by atoms with Crippen LogP contribution < -0.4 is 4.72 Å². The van der Waals surface area contributed by atoms with E-state index in [1.54, 1.807) is 0 Å². The van der Waals surface area contributed by atoms with Gasteiger partial charge in [0, 0.05) is 5.69 Å². The van der Waals surface area contributed by atoms with E-state index in [2.05, 4.69) is 11.6 Å². The minimum atomic E-state index is -3.23. The third kappa shape index (κ3) is 2.58.